The number of amides is 1. The van der Waals surface area contributed by atoms with Crippen LogP contribution in [0.25, 0.3) is 0 Å². The lowest BCUT2D eigenvalue weighted by atomic mass is 9.69. The van der Waals surface area contributed by atoms with Crippen LogP contribution in [0.15, 0.2) is 71.2 Å². The van der Waals surface area contributed by atoms with Gasteiger partial charge in [0.05, 0.1) is 30.4 Å². The zero-order valence-corrected chi connectivity index (χ0v) is 19.3. The number of nitrogens with zero attached hydrogens (tertiary/aromatic N) is 2. The number of aromatic hydroxyl groups is 1. The Labute approximate surface area is 197 Å². The molecule has 2 aliphatic rings. The standard InChI is InChI=1S/C26H26N4O4/c1-26(2)12-20-23(21(32)13-26)22(15-6-10-18(34-3)11-7-15)19(14-27)24(28)30(20)29-25(33)16-4-8-17(31)9-5-16/h4-11,22,31H,12-13,28H2,1-3H3,(H,29,33). The van der Waals surface area contributed by atoms with Crippen LogP contribution < -0.4 is 15.9 Å². The summed E-state index contributed by atoms with van der Waals surface area (Å²) in [7, 11) is 1.57. The summed E-state index contributed by atoms with van der Waals surface area (Å²) in [4.78, 5) is 26.4. The Hall–Kier alpha value is -4.25. The summed E-state index contributed by atoms with van der Waals surface area (Å²) in [6.07, 6.45) is 0.798. The summed E-state index contributed by atoms with van der Waals surface area (Å²) < 4.78 is 5.24. The monoisotopic (exact) mass is 458 g/mol. The topological polar surface area (TPSA) is 129 Å². The molecule has 4 N–H and O–H groups in total. The molecule has 1 aliphatic carbocycles. The van der Waals surface area contributed by atoms with Gasteiger partial charge in [-0.2, -0.15) is 5.26 Å². The number of carbonyl (C=O) groups is 2. The van der Waals surface area contributed by atoms with E-state index in [1.807, 2.05) is 26.0 Å². The third-order valence-electron chi connectivity index (χ3n) is 6.17. The van der Waals surface area contributed by atoms with Gasteiger partial charge in [0.15, 0.2) is 5.78 Å². The maximum Gasteiger partial charge on any atom is 0.270 e. The van der Waals surface area contributed by atoms with Crippen LogP contribution in [0.1, 0.15) is 48.5 Å². The van der Waals surface area contributed by atoms with Crippen molar-refractivity contribution >= 4 is 11.7 Å². The molecule has 0 bridgehead atoms. The number of ether oxygens (including phenoxy) is 1. The number of hydrogen-bond acceptors (Lipinski definition) is 7. The van der Waals surface area contributed by atoms with Gasteiger partial charge >= 0.3 is 0 Å². The van der Waals surface area contributed by atoms with E-state index in [-0.39, 0.29) is 28.3 Å². The molecule has 2 aromatic carbocycles. The fourth-order valence-corrected chi connectivity index (χ4v) is 4.55. The van der Waals surface area contributed by atoms with Gasteiger partial charge in [-0.3, -0.25) is 15.0 Å². The summed E-state index contributed by atoms with van der Waals surface area (Å²) in [5, 5.41) is 21.0. The van der Waals surface area contributed by atoms with E-state index in [1.165, 1.54) is 29.3 Å². The lowest BCUT2D eigenvalue weighted by Gasteiger charge is -2.43. The minimum absolute atomic E-state index is 0.0349. The van der Waals surface area contributed by atoms with E-state index in [4.69, 9.17) is 10.5 Å². The van der Waals surface area contributed by atoms with E-state index in [0.29, 0.717) is 35.4 Å². The number of hydrazine groups is 1. The first kappa shape index (κ1) is 22.9. The summed E-state index contributed by atoms with van der Waals surface area (Å²) >= 11 is 0. The number of phenolic OH excluding ortho intramolecular Hbond substituents is 1. The Morgan fingerprint density at radius 1 is 1.18 bits per heavy atom. The SMILES string of the molecule is COc1ccc(C2C(C#N)=C(N)N(NC(=O)c3ccc(O)cc3)C3=C2C(=O)CC(C)(C)C3)cc1. The van der Waals surface area contributed by atoms with Crippen LogP contribution >= 0.6 is 0 Å². The molecule has 0 aromatic heterocycles. The van der Waals surface area contributed by atoms with E-state index in [1.54, 1.807) is 19.2 Å². The third-order valence-corrected chi connectivity index (χ3v) is 6.17. The number of methoxy groups -OCH3 is 1. The number of rotatable bonds is 4. The van der Waals surface area contributed by atoms with Gasteiger partial charge in [-0.15, -0.1) is 0 Å². The Balaban J connectivity index is 1.83. The molecule has 8 nitrogen and oxygen atoms in total. The number of Topliss-reactive ketones (excluding diaryl/α,β-unsaturated/α-hetero) is 1. The molecule has 34 heavy (non-hydrogen) atoms. The predicted octanol–water partition coefficient (Wildman–Crippen LogP) is 3.48. The van der Waals surface area contributed by atoms with E-state index in [0.717, 1.165) is 5.56 Å². The van der Waals surface area contributed by atoms with Crippen LogP contribution in [0.4, 0.5) is 0 Å². The first-order valence-electron chi connectivity index (χ1n) is 10.9. The summed E-state index contributed by atoms with van der Waals surface area (Å²) in [5.41, 5.74) is 11.1. The van der Waals surface area contributed by atoms with Gasteiger partial charge in [0.1, 0.15) is 17.3 Å². The molecule has 0 fully saturated rings. The fraction of sp³-hybridized carbons (Fsp3) is 0.269. The lowest BCUT2D eigenvalue weighted by molar-refractivity contribution is -0.118. The van der Waals surface area contributed by atoms with E-state index in [9.17, 15) is 20.0 Å². The van der Waals surface area contributed by atoms with Crippen molar-refractivity contribution in [3.05, 3.63) is 82.3 Å². The zero-order valence-electron chi connectivity index (χ0n) is 19.3. The Morgan fingerprint density at radius 2 is 1.82 bits per heavy atom. The molecule has 1 unspecified atom stereocenters. The molecule has 0 spiro atoms. The number of nitriles is 1. The summed E-state index contributed by atoms with van der Waals surface area (Å²) in [6.45, 7) is 3.97. The first-order chi connectivity index (χ1) is 16.1. The molecule has 1 atom stereocenters. The van der Waals surface area contributed by atoms with Gasteiger partial charge in [0, 0.05) is 17.6 Å². The van der Waals surface area contributed by atoms with Crippen LogP contribution in [0.2, 0.25) is 0 Å². The van der Waals surface area contributed by atoms with Crippen molar-refractivity contribution in [3.63, 3.8) is 0 Å². The maximum absolute atomic E-state index is 13.4. The van der Waals surface area contributed by atoms with E-state index >= 15 is 0 Å². The quantitative estimate of drug-likeness (QED) is 0.640. The van der Waals surface area contributed by atoms with Crippen LogP contribution in [-0.2, 0) is 4.79 Å². The molecule has 8 heteroatoms. The third kappa shape index (κ3) is 4.08. The fourth-order valence-electron chi connectivity index (χ4n) is 4.55. The normalized spacial score (nSPS) is 19.4. The predicted molar refractivity (Wildman–Crippen MR) is 125 cm³/mol. The van der Waals surface area contributed by atoms with Crippen molar-refractivity contribution in [3.8, 4) is 17.6 Å². The van der Waals surface area contributed by atoms with Crippen LogP contribution in [0, 0.1) is 16.7 Å². The number of phenols is 1. The molecule has 0 radical (unpaired) electrons. The molecule has 1 heterocycles. The van der Waals surface area contributed by atoms with E-state index < -0.39 is 11.8 Å². The number of carbonyl (C=O) groups excluding carboxylic acids is 2. The van der Waals surface area contributed by atoms with Crippen molar-refractivity contribution in [2.24, 2.45) is 11.1 Å². The smallest absolute Gasteiger partial charge is 0.270 e. The van der Waals surface area contributed by atoms with Crippen LogP contribution in [0.3, 0.4) is 0 Å². The van der Waals surface area contributed by atoms with Crippen LogP contribution in [-0.4, -0.2) is 28.9 Å². The average Bonchev–Trinajstić information content (AvgIpc) is 2.80. The first-order valence-corrected chi connectivity index (χ1v) is 10.9. The Kier molecular flexibility index (Phi) is 5.80. The molecule has 174 valence electrons. The van der Waals surface area contributed by atoms with E-state index in [2.05, 4.69) is 11.5 Å². The highest BCUT2D eigenvalue weighted by Crippen LogP contribution is 2.48. The molecule has 2 aromatic rings. The zero-order chi connectivity index (χ0) is 24.6. The molecule has 0 saturated carbocycles. The van der Waals surface area contributed by atoms with Crippen molar-refractivity contribution in [2.45, 2.75) is 32.6 Å². The van der Waals surface area contributed by atoms with Crippen molar-refractivity contribution in [1.29, 1.82) is 5.26 Å². The highest BCUT2D eigenvalue weighted by molar-refractivity contribution is 6.01. The molecular weight excluding hydrogens is 432 g/mol. The number of hydrogen-bond donors (Lipinski definition) is 3. The minimum atomic E-state index is -0.642. The Morgan fingerprint density at radius 3 is 2.41 bits per heavy atom. The summed E-state index contributed by atoms with van der Waals surface area (Å²) in [5.74, 6) is -0.450. The van der Waals surface area contributed by atoms with Gasteiger partial charge in [-0.25, -0.2) is 5.01 Å². The molecule has 4 rings (SSSR count). The van der Waals surface area contributed by atoms with Gasteiger partial charge < -0.3 is 15.6 Å². The van der Waals surface area contributed by atoms with Crippen LogP contribution in [0.5, 0.6) is 11.5 Å². The maximum atomic E-state index is 13.4. The number of nitrogens with one attached hydrogen (secondary N) is 1. The van der Waals surface area contributed by atoms with Gasteiger partial charge in [0.25, 0.3) is 5.91 Å². The number of allylic oxidation sites excluding steroid dienone is 3. The average molecular weight is 459 g/mol. The minimum Gasteiger partial charge on any atom is -0.508 e. The lowest BCUT2D eigenvalue weighted by Crippen LogP contribution is -2.49. The number of benzene rings is 2. The largest absolute Gasteiger partial charge is 0.508 e. The molecule has 1 amide bonds. The number of ketones is 1. The van der Waals surface area contributed by atoms with Gasteiger partial charge in [0.2, 0.25) is 0 Å². The molecule has 0 saturated heterocycles. The second-order valence-electron chi connectivity index (χ2n) is 9.24. The van der Waals surface area contributed by atoms with Gasteiger partial charge in [-0.1, -0.05) is 26.0 Å². The molecule has 1 aliphatic heterocycles. The highest BCUT2D eigenvalue weighted by Gasteiger charge is 2.44. The second kappa shape index (κ2) is 8.60. The molecular formula is C26H26N4O4. The summed E-state index contributed by atoms with van der Waals surface area (Å²) in [6, 6.07) is 15.1. The van der Waals surface area contributed by atoms with Crippen molar-refractivity contribution < 1.29 is 19.4 Å². The van der Waals surface area contributed by atoms with Gasteiger partial charge in [-0.05, 0) is 53.8 Å². The Bertz CT molecular complexity index is 1250. The van der Waals surface area contributed by atoms with Crippen molar-refractivity contribution in [2.75, 3.05) is 7.11 Å². The van der Waals surface area contributed by atoms with Crippen molar-refractivity contribution in [1.82, 2.24) is 10.4 Å². The highest BCUT2D eigenvalue weighted by atomic mass is 16.5. The second-order valence-corrected chi connectivity index (χ2v) is 9.24. The number of nitrogens with two attached hydrogens (primary N) is 1.